The van der Waals surface area contributed by atoms with Gasteiger partial charge >= 0.3 is 5.97 Å². The molecule has 0 bridgehead atoms. The Hall–Kier alpha value is -2.35. The fourth-order valence-electron chi connectivity index (χ4n) is 2.39. The molecule has 0 fully saturated rings. The second-order valence-electron chi connectivity index (χ2n) is 5.60. The lowest BCUT2D eigenvalue weighted by atomic mass is 10.1. The summed E-state index contributed by atoms with van der Waals surface area (Å²) in [7, 11) is 1.59. The normalized spacial score (nSPS) is 15.0. The van der Waals surface area contributed by atoms with Gasteiger partial charge in [-0.2, -0.15) is 0 Å². The number of nitrogens with zero attached hydrogens (tertiary/aromatic N) is 1. The smallest absolute Gasteiger partial charge is 0.363 e. The minimum absolute atomic E-state index is 0.253. The second-order valence-corrected chi connectivity index (χ2v) is 6.85. The van der Waals surface area contributed by atoms with Gasteiger partial charge in [0.15, 0.2) is 17.2 Å². The Kier molecular flexibility index (Phi) is 5.92. The second kappa shape index (κ2) is 8.35. The van der Waals surface area contributed by atoms with Crippen molar-refractivity contribution in [2.75, 3.05) is 13.7 Å². The van der Waals surface area contributed by atoms with Crippen molar-refractivity contribution in [1.29, 1.82) is 0 Å². The number of cyclic esters (lactones) is 1. The molecule has 0 saturated heterocycles. The maximum atomic E-state index is 12.1. The summed E-state index contributed by atoms with van der Waals surface area (Å²) >= 11 is 2.22. The molecule has 1 aliphatic heterocycles. The lowest BCUT2D eigenvalue weighted by molar-refractivity contribution is -0.129. The van der Waals surface area contributed by atoms with Crippen molar-refractivity contribution in [2.45, 2.75) is 13.3 Å². The summed E-state index contributed by atoms with van der Waals surface area (Å²) in [6, 6.07) is 13.1. The van der Waals surface area contributed by atoms with Crippen LogP contribution in [-0.2, 0) is 9.53 Å². The van der Waals surface area contributed by atoms with Crippen LogP contribution in [0.2, 0.25) is 0 Å². The molecule has 5 nitrogen and oxygen atoms in total. The molecule has 0 spiro atoms. The number of hydrogen-bond acceptors (Lipinski definition) is 5. The zero-order valence-corrected chi connectivity index (χ0v) is 16.6. The van der Waals surface area contributed by atoms with E-state index in [9.17, 15) is 4.79 Å². The van der Waals surface area contributed by atoms with Crippen molar-refractivity contribution in [1.82, 2.24) is 0 Å². The molecule has 134 valence electrons. The summed E-state index contributed by atoms with van der Waals surface area (Å²) in [5.74, 6) is 1.13. The SMILES string of the molecule is CCCOc1ccc(C=C2N=C(c3ccc(I)cc3)OC2=O)cc1OC. The maximum absolute atomic E-state index is 12.1. The van der Waals surface area contributed by atoms with Crippen molar-refractivity contribution in [3.05, 3.63) is 62.9 Å². The van der Waals surface area contributed by atoms with Gasteiger partial charge in [0.2, 0.25) is 5.90 Å². The van der Waals surface area contributed by atoms with Crippen molar-refractivity contribution in [3.63, 3.8) is 0 Å². The van der Waals surface area contributed by atoms with Crippen LogP contribution in [0.1, 0.15) is 24.5 Å². The van der Waals surface area contributed by atoms with Crippen LogP contribution in [0.4, 0.5) is 0 Å². The highest BCUT2D eigenvalue weighted by Gasteiger charge is 2.24. The summed E-state index contributed by atoms with van der Waals surface area (Å²) in [6.07, 6.45) is 2.59. The van der Waals surface area contributed by atoms with Crippen molar-refractivity contribution < 1.29 is 19.0 Å². The zero-order chi connectivity index (χ0) is 18.5. The largest absolute Gasteiger partial charge is 0.493 e. The number of halogens is 1. The Morgan fingerprint density at radius 1 is 1.15 bits per heavy atom. The van der Waals surface area contributed by atoms with Crippen LogP contribution in [0.5, 0.6) is 11.5 Å². The number of ether oxygens (including phenoxy) is 3. The molecule has 0 aliphatic carbocycles. The molecule has 3 rings (SSSR count). The standard InChI is InChI=1S/C20H18INO4/c1-3-10-25-17-9-4-13(12-18(17)24-2)11-16-20(23)26-19(22-16)14-5-7-15(21)8-6-14/h4-9,11-12H,3,10H2,1-2H3. The first-order chi connectivity index (χ1) is 12.6. The van der Waals surface area contributed by atoms with Gasteiger partial charge in [0.1, 0.15) is 0 Å². The molecule has 0 amide bonds. The summed E-state index contributed by atoms with van der Waals surface area (Å²) in [6.45, 7) is 2.66. The Labute approximate surface area is 165 Å². The Morgan fingerprint density at radius 2 is 1.92 bits per heavy atom. The highest BCUT2D eigenvalue weighted by molar-refractivity contribution is 14.1. The van der Waals surface area contributed by atoms with Gasteiger partial charge < -0.3 is 14.2 Å². The maximum Gasteiger partial charge on any atom is 0.363 e. The molecular formula is C20H18INO4. The first-order valence-electron chi connectivity index (χ1n) is 8.20. The van der Waals surface area contributed by atoms with E-state index in [0.29, 0.717) is 24.0 Å². The van der Waals surface area contributed by atoms with Crippen molar-refractivity contribution >= 4 is 40.5 Å². The molecule has 0 atom stereocenters. The first kappa shape index (κ1) is 18.4. The minimum atomic E-state index is -0.469. The number of rotatable bonds is 6. The van der Waals surface area contributed by atoms with E-state index in [4.69, 9.17) is 14.2 Å². The third-order valence-corrected chi connectivity index (χ3v) is 4.38. The highest BCUT2D eigenvalue weighted by atomic mass is 127. The van der Waals surface area contributed by atoms with E-state index in [0.717, 1.165) is 21.1 Å². The number of carbonyl (C=O) groups is 1. The van der Waals surface area contributed by atoms with Crippen LogP contribution < -0.4 is 9.47 Å². The van der Waals surface area contributed by atoms with E-state index in [1.807, 2.05) is 49.4 Å². The van der Waals surface area contributed by atoms with Gasteiger partial charge in [0.05, 0.1) is 13.7 Å². The van der Waals surface area contributed by atoms with E-state index in [1.165, 1.54) is 0 Å². The van der Waals surface area contributed by atoms with Crippen LogP contribution in [-0.4, -0.2) is 25.6 Å². The lowest BCUT2D eigenvalue weighted by Crippen LogP contribution is -2.05. The third-order valence-electron chi connectivity index (χ3n) is 3.66. The van der Waals surface area contributed by atoms with Gasteiger partial charge in [-0.3, -0.25) is 0 Å². The van der Waals surface area contributed by atoms with Crippen LogP contribution in [0.25, 0.3) is 6.08 Å². The third kappa shape index (κ3) is 4.24. The van der Waals surface area contributed by atoms with Gasteiger partial charge in [-0.1, -0.05) is 13.0 Å². The quantitative estimate of drug-likeness (QED) is 0.361. The molecule has 0 unspecified atom stereocenters. The fourth-order valence-corrected chi connectivity index (χ4v) is 2.75. The zero-order valence-electron chi connectivity index (χ0n) is 14.5. The number of aliphatic imine (C=N–C) groups is 1. The van der Waals surface area contributed by atoms with Crippen LogP contribution >= 0.6 is 22.6 Å². The average molecular weight is 463 g/mol. The number of hydrogen-bond donors (Lipinski definition) is 0. The van der Waals surface area contributed by atoms with Gasteiger partial charge in [0.25, 0.3) is 0 Å². The van der Waals surface area contributed by atoms with Gasteiger partial charge in [-0.15, -0.1) is 0 Å². The topological polar surface area (TPSA) is 57.1 Å². The van der Waals surface area contributed by atoms with E-state index in [2.05, 4.69) is 27.6 Å². The predicted molar refractivity (Wildman–Crippen MR) is 109 cm³/mol. The fraction of sp³-hybridized carbons (Fsp3) is 0.200. The molecule has 0 radical (unpaired) electrons. The van der Waals surface area contributed by atoms with E-state index in [-0.39, 0.29) is 5.70 Å². The Morgan fingerprint density at radius 3 is 2.62 bits per heavy atom. The van der Waals surface area contributed by atoms with Crippen LogP contribution in [0.15, 0.2) is 53.2 Å². The average Bonchev–Trinajstić information content (AvgIpc) is 3.01. The molecule has 2 aromatic rings. The van der Waals surface area contributed by atoms with Gasteiger partial charge in [-0.05, 0) is 77.0 Å². The monoisotopic (exact) mass is 463 g/mol. The highest BCUT2D eigenvalue weighted by Crippen LogP contribution is 2.30. The molecular weight excluding hydrogens is 445 g/mol. The van der Waals surface area contributed by atoms with Gasteiger partial charge in [-0.25, -0.2) is 9.79 Å². The first-order valence-corrected chi connectivity index (χ1v) is 9.28. The van der Waals surface area contributed by atoms with Crippen molar-refractivity contribution in [2.24, 2.45) is 4.99 Å². The molecule has 2 aromatic carbocycles. The van der Waals surface area contributed by atoms with E-state index in [1.54, 1.807) is 13.2 Å². The number of carbonyl (C=O) groups excluding carboxylic acids is 1. The number of esters is 1. The summed E-state index contributed by atoms with van der Waals surface area (Å²) in [5.41, 5.74) is 1.80. The molecule has 1 heterocycles. The van der Waals surface area contributed by atoms with Gasteiger partial charge in [0, 0.05) is 9.13 Å². The molecule has 26 heavy (non-hydrogen) atoms. The Bertz CT molecular complexity index is 872. The molecule has 1 aliphatic rings. The lowest BCUT2D eigenvalue weighted by Gasteiger charge is -2.10. The van der Waals surface area contributed by atoms with E-state index >= 15 is 0 Å². The summed E-state index contributed by atoms with van der Waals surface area (Å²) < 4.78 is 17.4. The van der Waals surface area contributed by atoms with Crippen LogP contribution in [0.3, 0.4) is 0 Å². The van der Waals surface area contributed by atoms with Crippen LogP contribution in [0, 0.1) is 3.57 Å². The molecule has 0 aromatic heterocycles. The summed E-state index contributed by atoms with van der Waals surface area (Å²) in [5, 5.41) is 0. The van der Waals surface area contributed by atoms with Crippen molar-refractivity contribution in [3.8, 4) is 11.5 Å². The predicted octanol–water partition coefficient (Wildman–Crippen LogP) is 4.43. The number of benzene rings is 2. The minimum Gasteiger partial charge on any atom is -0.493 e. The van der Waals surface area contributed by atoms with E-state index < -0.39 is 5.97 Å². The Balaban J connectivity index is 1.86. The summed E-state index contributed by atoms with van der Waals surface area (Å²) in [4.78, 5) is 16.5. The molecule has 6 heteroatoms. The number of methoxy groups -OCH3 is 1. The molecule has 0 N–H and O–H groups in total. The molecule has 0 saturated carbocycles.